The summed E-state index contributed by atoms with van der Waals surface area (Å²) in [5.41, 5.74) is 2.15. The summed E-state index contributed by atoms with van der Waals surface area (Å²) in [5, 5.41) is 7.57. The molecule has 1 N–H and O–H groups in total. The summed E-state index contributed by atoms with van der Waals surface area (Å²) >= 11 is 0. The van der Waals surface area contributed by atoms with Crippen LogP contribution in [0.25, 0.3) is 0 Å². The summed E-state index contributed by atoms with van der Waals surface area (Å²) < 4.78 is 1.96. The molecule has 1 aliphatic rings. The highest BCUT2D eigenvalue weighted by Gasteiger charge is 2.29. The minimum Gasteiger partial charge on any atom is -0.334 e. The summed E-state index contributed by atoms with van der Waals surface area (Å²) in [4.78, 5) is 16.8. The largest absolute Gasteiger partial charge is 0.334 e. The average molecular weight is 321 g/mol. The van der Waals surface area contributed by atoms with Gasteiger partial charge in [-0.1, -0.05) is 13.8 Å². The maximum Gasteiger partial charge on any atom is 0.317 e. The molecule has 1 saturated heterocycles. The maximum atomic E-state index is 12.4. The molecular formula is C17H31N5O. The second-order valence-corrected chi connectivity index (χ2v) is 6.57. The van der Waals surface area contributed by atoms with Gasteiger partial charge in [-0.25, -0.2) is 4.79 Å². The van der Waals surface area contributed by atoms with Crippen molar-refractivity contribution in [3.05, 3.63) is 17.5 Å². The Labute approximate surface area is 139 Å². The van der Waals surface area contributed by atoms with E-state index in [2.05, 4.69) is 35.2 Å². The van der Waals surface area contributed by atoms with Crippen LogP contribution in [0.2, 0.25) is 0 Å². The van der Waals surface area contributed by atoms with Crippen LogP contribution in [0.15, 0.2) is 6.07 Å². The number of aromatic nitrogens is 2. The van der Waals surface area contributed by atoms with Crippen molar-refractivity contribution >= 4 is 6.03 Å². The van der Waals surface area contributed by atoms with Crippen LogP contribution >= 0.6 is 0 Å². The Balaban J connectivity index is 1.83. The van der Waals surface area contributed by atoms with Gasteiger partial charge in [0.25, 0.3) is 0 Å². The molecule has 1 aromatic rings. The van der Waals surface area contributed by atoms with Gasteiger partial charge >= 0.3 is 6.03 Å². The van der Waals surface area contributed by atoms with Crippen LogP contribution in [-0.2, 0) is 6.54 Å². The van der Waals surface area contributed by atoms with E-state index in [4.69, 9.17) is 0 Å². The fraction of sp³-hybridized carbons (Fsp3) is 0.765. The molecule has 6 heteroatoms. The molecule has 1 aliphatic heterocycles. The number of amides is 2. The van der Waals surface area contributed by atoms with Gasteiger partial charge in [-0.05, 0) is 46.3 Å². The highest BCUT2D eigenvalue weighted by Crippen LogP contribution is 2.15. The van der Waals surface area contributed by atoms with Crippen molar-refractivity contribution in [1.82, 2.24) is 24.9 Å². The third-order valence-electron chi connectivity index (χ3n) is 4.70. The van der Waals surface area contributed by atoms with E-state index in [1.54, 1.807) is 0 Å². The molecule has 130 valence electrons. The van der Waals surface area contributed by atoms with Crippen LogP contribution in [0.1, 0.15) is 38.6 Å². The fourth-order valence-electron chi connectivity index (χ4n) is 3.43. The van der Waals surface area contributed by atoms with E-state index in [1.807, 2.05) is 30.4 Å². The zero-order valence-corrected chi connectivity index (χ0v) is 15.2. The number of likely N-dealkylation sites (N-methyl/N-ethyl adjacent to an activating group) is 1. The number of aryl methyl sites for hydroxylation is 2. The summed E-state index contributed by atoms with van der Waals surface area (Å²) in [7, 11) is 0. The predicted molar refractivity (Wildman–Crippen MR) is 92.6 cm³/mol. The first-order valence-corrected chi connectivity index (χ1v) is 8.75. The van der Waals surface area contributed by atoms with Gasteiger partial charge in [0.2, 0.25) is 0 Å². The second-order valence-electron chi connectivity index (χ2n) is 6.57. The predicted octanol–water partition coefficient (Wildman–Crippen LogP) is 2.01. The van der Waals surface area contributed by atoms with E-state index in [9.17, 15) is 4.79 Å². The van der Waals surface area contributed by atoms with Crippen LogP contribution in [0.4, 0.5) is 4.79 Å². The molecule has 0 saturated carbocycles. The lowest BCUT2D eigenvalue weighted by Gasteiger charge is -2.26. The number of nitrogens with one attached hydrogen (secondary N) is 1. The number of urea groups is 1. The highest BCUT2D eigenvalue weighted by molar-refractivity contribution is 5.74. The fourth-order valence-corrected chi connectivity index (χ4v) is 3.43. The van der Waals surface area contributed by atoms with Crippen LogP contribution in [-0.4, -0.2) is 63.9 Å². The molecule has 0 spiro atoms. The molecule has 2 heterocycles. The molecule has 1 fully saturated rings. The van der Waals surface area contributed by atoms with Crippen LogP contribution in [0.5, 0.6) is 0 Å². The minimum atomic E-state index is 0.0497. The zero-order chi connectivity index (χ0) is 17.0. The van der Waals surface area contributed by atoms with E-state index < -0.39 is 0 Å². The molecule has 0 aromatic carbocycles. The summed E-state index contributed by atoms with van der Waals surface area (Å²) in [6.07, 6.45) is 1.07. The van der Waals surface area contributed by atoms with Crippen molar-refractivity contribution in [2.45, 2.75) is 59.7 Å². The van der Waals surface area contributed by atoms with Gasteiger partial charge < -0.3 is 10.2 Å². The van der Waals surface area contributed by atoms with Crippen molar-refractivity contribution in [3.8, 4) is 0 Å². The molecule has 6 nitrogen and oxygen atoms in total. The van der Waals surface area contributed by atoms with Gasteiger partial charge in [0, 0.05) is 30.9 Å². The van der Waals surface area contributed by atoms with Gasteiger partial charge in [-0.15, -0.1) is 0 Å². The third kappa shape index (κ3) is 4.47. The molecule has 0 unspecified atom stereocenters. The molecule has 0 radical (unpaired) electrons. The van der Waals surface area contributed by atoms with Gasteiger partial charge in [0.15, 0.2) is 0 Å². The number of carbonyl (C=O) groups is 1. The van der Waals surface area contributed by atoms with Crippen LogP contribution in [0.3, 0.4) is 0 Å². The zero-order valence-electron chi connectivity index (χ0n) is 15.2. The Kier molecular flexibility index (Phi) is 6.04. The first-order chi connectivity index (χ1) is 10.9. The summed E-state index contributed by atoms with van der Waals surface area (Å²) in [5.74, 6) is 0. The third-order valence-corrected chi connectivity index (χ3v) is 4.70. The molecule has 23 heavy (non-hydrogen) atoms. The molecule has 2 amide bonds. The lowest BCUT2D eigenvalue weighted by Crippen LogP contribution is -2.46. The highest BCUT2D eigenvalue weighted by atomic mass is 16.2. The van der Waals surface area contributed by atoms with E-state index in [0.29, 0.717) is 12.6 Å². The van der Waals surface area contributed by atoms with Gasteiger partial charge in [-0.2, -0.15) is 5.10 Å². The molecule has 2 atom stereocenters. The number of carbonyl (C=O) groups excluding carboxylic acids is 1. The topological polar surface area (TPSA) is 53.4 Å². The van der Waals surface area contributed by atoms with E-state index in [0.717, 1.165) is 44.0 Å². The molecule has 1 aromatic heterocycles. The first-order valence-electron chi connectivity index (χ1n) is 8.75. The van der Waals surface area contributed by atoms with Crippen molar-refractivity contribution < 1.29 is 4.79 Å². The van der Waals surface area contributed by atoms with Crippen LogP contribution in [0, 0.1) is 13.8 Å². The normalized spacial score (nSPS) is 19.4. The monoisotopic (exact) mass is 321 g/mol. The van der Waals surface area contributed by atoms with Gasteiger partial charge in [-0.3, -0.25) is 9.58 Å². The van der Waals surface area contributed by atoms with E-state index >= 15 is 0 Å². The van der Waals surface area contributed by atoms with Crippen molar-refractivity contribution in [2.24, 2.45) is 0 Å². The lowest BCUT2D eigenvalue weighted by atomic mass is 10.2. The smallest absolute Gasteiger partial charge is 0.317 e. The average Bonchev–Trinajstić information content (AvgIpc) is 3.08. The Morgan fingerprint density at radius 1 is 1.43 bits per heavy atom. The Morgan fingerprint density at radius 2 is 2.13 bits per heavy atom. The van der Waals surface area contributed by atoms with Gasteiger partial charge in [0.05, 0.1) is 12.2 Å². The lowest BCUT2D eigenvalue weighted by molar-refractivity contribution is 0.189. The van der Waals surface area contributed by atoms with E-state index in [-0.39, 0.29) is 12.1 Å². The molecule has 2 rings (SSSR count). The minimum absolute atomic E-state index is 0.0497. The van der Waals surface area contributed by atoms with Crippen molar-refractivity contribution in [2.75, 3.05) is 26.2 Å². The van der Waals surface area contributed by atoms with Crippen molar-refractivity contribution in [3.63, 3.8) is 0 Å². The number of hydrogen-bond acceptors (Lipinski definition) is 3. The standard InChI is InChI=1S/C17H31N5O/c1-6-20(7-2)16-8-9-21(12-16)17(23)18-14(4)11-22-15(5)10-13(3)19-22/h10,14,16H,6-9,11-12H2,1-5H3,(H,18,23)/t14-,16+/m0/s1. The number of hydrogen-bond donors (Lipinski definition) is 1. The maximum absolute atomic E-state index is 12.4. The summed E-state index contributed by atoms with van der Waals surface area (Å²) in [6, 6.07) is 2.67. The Hall–Kier alpha value is -1.56. The SMILES string of the molecule is CCN(CC)[C@@H]1CCN(C(=O)N[C@@H](C)Cn2nc(C)cc2C)C1. The van der Waals surface area contributed by atoms with Crippen molar-refractivity contribution in [1.29, 1.82) is 0 Å². The van der Waals surface area contributed by atoms with Gasteiger partial charge in [0.1, 0.15) is 0 Å². The number of rotatable bonds is 6. The Bertz CT molecular complexity index is 523. The molecule has 0 aliphatic carbocycles. The number of nitrogens with zero attached hydrogens (tertiary/aromatic N) is 4. The first kappa shape index (κ1) is 17.8. The molecule has 0 bridgehead atoms. The molecular weight excluding hydrogens is 290 g/mol. The quantitative estimate of drug-likeness (QED) is 0.872. The van der Waals surface area contributed by atoms with Crippen LogP contribution < -0.4 is 5.32 Å². The Morgan fingerprint density at radius 3 is 2.70 bits per heavy atom. The summed E-state index contributed by atoms with van der Waals surface area (Å²) in [6.45, 7) is 14.9. The second kappa shape index (κ2) is 7.81. The number of likely N-dealkylation sites (tertiary alicyclic amines) is 1. The van der Waals surface area contributed by atoms with E-state index in [1.165, 1.54) is 0 Å².